The van der Waals surface area contributed by atoms with Crippen LogP contribution in [0.5, 0.6) is 0 Å². The molecule has 8 nitrogen and oxygen atoms in total. The molecule has 0 bridgehead atoms. The van der Waals surface area contributed by atoms with Crippen LogP contribution in [0.2, 0.25) is 0 Å². The van der Waals surface area contributed by atoms with Crippen molar-refractivity contribution in [3.8, 4) is 11.1 Å². The van der Waals surface area contributed by atoms with Gasteiger partial charge in [0.15, 0.2) is 0 Å². The number of aromatic carboxylic acids is 1. The molecule has 0 saturated carbocycles. The fourth-order valence-corrected chi connectivity index (χ4v) is 3.31. The van der Waals surface area contributed by atoms with Crippen molar-refractivity contribution in [3.63, 3.8) is 0 Å². The quantitative estimate of drug-likeness (QED) is 0.549. The second-order valence-corrected chi connectivity index (χ2v) is 7.12. The van der Waals surface area contributed by atoms with E-state index in [1.165, 1.54) is 24.7 Å². The van der Waals surface area contributed by atoms with E-state index < -0.39 is 23.5 Å². The predicted octanol–water partition coefficient (Wildman–Crippen LogP) is 3.97. The number of hydrogen-bond donors (Lipinski definition) is 2. The summed E-state index contributed by atoms with van der Waals surface area (Å²) < 4.78 is 58.1. The van der Waals surface area contributed by atoms with Crippen LogP contribution < -0.4 is 10.2 Å². The fraction of sp³-hybridized carbons (Fsp3) is 0.238. The number of ether oxygens (including phenoxy) is 1. The minimum absolute atomic E-state index is 0.0117. The third-order valence-corrected chi connectivity index (χ3v) is 4.90. The molecule has 2 N–H and O–H groups in total. The summed E-state index contributed by atoms with van der Waals surface area (Å²) in [5.74, 6) is -2.11. The minimum atomic E-state index is -4.85. The molecule has 0 spiro atoms. The van der Waals surface area contributed by atoms with Gasteiger partial charge in [0.2, 0.25) is 5.95 Å². The molecule has 1 aromatic carbocycles. The first-order valence-corrected chi connectivity index (χ1v) is 9.74. The van der Waals surface area contributed by atoms with Crippen molar-refractivity contribution in [3.05, 3.63) is 59.8 Å². The summed E-state index contributed by atoms with van der Waals surface area (Å²) in [5, 5.41) is 11.9. The Balaban J connectivity index is 1.73. The average Bonchev–Trinajstić information content (AvgIpc) is 2.80. The molecule has 12 heteroatoms. The van der Waals surface area contributed by atoms with Gasteiger partial charge < -0.3 is 20.1 Å². The zero-order valence-electron chi connectivity index (χ0n) is 16.9. The van der Waals surface area contributed by atoms with Gasteiger partial charge in [-0.3, -0.25) is 4.98 Å². The van der Waals surface area contributed by atoms with Crippen molar-refractivity contribution in [2.24, 2.45) is 0 Å². The minimum Gasteiger partial charge on any atom is -0.478 e. The van der Waals surface area contributed by atoms with Crippen LogP contribution in [0, 0.1) is 5.82 Å². The van der Waals surface area contributed by atoms with Crippen LogP contribution in [-0.2, 0) is 10.9 Å². The van der Waals surface area contributed by atoms with Gasteiger partial charge in [-0.25, -0.2) is 14.2 Å². The van der Waals surface area contributed by atoms with E-state index in [1.807, 2.05) is 4.90 Å². The third kappa shape index (κ3) is 5.00. The highest BCUT2D eigenvalue weighted by molar-refractivity contribution is 5.89. The lowest BCUT2D eigenvalue weighted by molar-refractivity contribution is -0.139. The number of morpholine rings is 1. The maximum Gasteiger partial charge on any atom is 0.419 e. The molecule has 0 aliphatic carbocycles. The largest absolute Gasteiger partial charge is 0.478 e. The maximum atomic E-state index is 13.6. The average molecular weight is 463 g/mol. The summed E-state index contributed by atoms with van der Waals surface area (Å²) in [6.07, 6.45) is -0.744. The molecule has 0 unspecified atom stereocenters. The van der Waals surface area contributed by atoms with Gasteiger partial charge in [-0.1, -0.05) is 0 Å². The maximum absolute atomic E-state index is 13.6. The van der Waals surface area contributed by atoms with Crippen LogP contribution in [0.15, 0.2) is 42.9 Å². The molecule has 3 aromatic rings. The number of carbonyl (C=O) groups is 1. The Hall–Kier alpha value is -3.80. The Kier molecular flexibility index (Phi) is 6.09. The van der Waals surface area contributed by atoms with Crippen LogP contribution in [0.3, 0.4) is 0 Å². The van der Waals surface area contributed by atoms with Crippen LogP contribution in [0.25, 0.3) is 11.1 Å². The number of carboxylic acid groups (broad SMARTS) is 1. The van der Waals surface area contributed by atoms with E-state index >= 15 is 0 Å². The Bertz CT molecular complexity index is 1180. The van der Waals surface area contributed by atoms with E-state index in [9.17, 15) is 27.5 Å². The Morgan fingerprint density at radius 1 is 1.12 bits per heavy atom. The van der Waals surface area contributed by atoms with Gasteiger partial charge in [-0.2, -0.15) is 18.2 Å². The number of nitrogens with zero attached hydrogens (tertiary/aromatic N) is 4. The van der Waals surface area contributed by atoms with Crippen molar-refractivity contribution in [2.75, 3.05) is 36.5 Å². The molecule has 1 saturated heterocycles. The summed E-state index contributed by atoms with van der Waals surface area (Å²) in [5.41, 5.74) is -0.515. The van der Waals surface area contributed by atoms with E-state index in [0.29, 0.717) is 55.4 Å². The second-order valence-electron chi connectivity index (χ2n) is 7.12. The number of halogens is 4. The lowest BCUT2D eigenvalue weighted by Crippen LogP contribution is -2.37. The number of rotatable bonds is 5. The van der Waals surface area contributed by atoms with Gasteiger partial charge in [0.05, 0.1) is 24.3 Å². The highest BCUT2D eigenvalue weighted by Crippen LogP contribution is 2.34. The first-order chi connectivity index (χ1) is 15.7. The second kappa shape index (κ2) is 8.98. The Labute approximate surface area is 184 Å². The van der Waals surface area contributed by atoms with Gasteiger partial charge in [0.25, 0.3) is 0 Å². The smallest absolute Gasteiger partial charge is 0.419 e. The molecule has 3 heterocycles. The van der Waals surface area contributed by atoms with E-state index in [2.05, 4.69) is 20.3 Å². The highest BCUT2D eigenvalue weighted by atomic mass is 19.4. The molecule has 1 aliphatic heterocycles. The summed E-state index contributed by atoms with van der Waals surface area (Å²) in [6.45, 7) is 1.85. The SMILES string of the molecule is O=C(O)c1cncc(-c2cnc(Nc3ccc(F)c(C(F)(F)F)c3)nc2N2CCOCC2)c1. The van der Waals surface area contributed by atoms with Crippen molar-refractivity contribution in [1.82, 2.24) is 15.0 Å². The van der Waals surface area contributed by atoms with Crippen LogP contribution in [-0.4, -0.2) is 52.3 Å². The molecule has 2 aromatic heterocycles. The number of nitrogens with one attached hydrogen (secondary N) is 1. The van der Waals surface area contributed by atoms with Crippen LogP contribution in [0.1, 0.15) is 15.9 Å². The lowest BCUT2D eigenvalue weighted by atomic mass is 10.1. The highest BCUT2D eigenvalue weighted by Gasteiger charge is 2.34. The molecular formula is C21H17F4N5O3. The number of pyridine rings is 1. The first-order valence-electron chi connectivity index (χ1n) is 9.74. The topological polar surface area (TPSA) is 100 Å². The molecule has 0 atom stereocenters. The summed E-state index contributed by atoms with van der Waals surface area (Å²) in [7, 11) is 0. The summed E-state index contributed by atoms with van der Waals surface area (Å²) >= 11 is 0. The normalized spacial score (nSPS) is 14.2. The Morgan fingerprint density at radius 2 is 1.88 bits per heavy atom. The van der Waals surface area contributed by atoms with Gasteiger partial charge in [0, 0.05) is 48.5 Å². The Morgan fingerprint density at radius 3 is 2.58 bits per heavy atom. The van der Waals surface area contributed by atoms with Crippen LogP contribution >= 0.6 is 0 Å². The fourth-order valence-electron chi connectivity index (χ4n) is 3.31. The van der Waals surface area contributed by atoms with E-state index in [-0.39, 0.29) is 17.2 Å². The predicted molar refractivity (Wildman–Crippen MR) is 110 cm³/mol. The lowest BCUT2D eigenvalue weighted by Gasteiger charge is -2.29. The van der Waals surface area contributed by atoms with E-state index in [1.54, 1.807) is 0 Å². The summed E-state index contributed by atoms with van der Waals surface area (Å²) in [4.78, 5) is 25.8. The molecule has 1 fully saturated rings. The standard InChI is InChI=1S/C21H17F4N5O3/c22-17-2-1-14(8-16(17)21(23,24)25)28-20-27-11-15(12-7-13(19(31)32)10-26-9-12)18(29-20)30-3-5-33-6-4-30/h1-2,7-11H,3-6H2,(H,31,32)(H,27,28,29). The number of benzene rings is 1. The zero-order chi connectivity index (χ0) is 23.6. The molecule has 0 amide bonds. The molecule has 4 rings (SSSR count). The molecular weight excluding hydrogens is 446 g/mol. The number of hydrogen-bond acceptors (Lipinski definition) is 7. The molecule has 0 radical (unpaired) electrons. The van der Waals surface area contributed by atoms with Crippen molar-refractivity contribution in [1.29, 1.82) is 0 Å². The van der Waals surface area contributed by atoms with Gasteiger partial charge in [0.1, 0.15) is 11.6 Å². The number of carboxylic acids is 1. The third-order valence-electron chi connectivity index (χ3n) is 4.90. The van der Waals surface area contributed by atoms with Crippen LogP contribution in [0.4, 0.5) is 35.0 Å². The molecule has 172 valence electrons. The van der Waals surface area contributed by atoms with Gasteiger partial charge in [-0.15, -0.1) is 0 Å². The van der Waals surface area contributed by atoms with Gasteiger partial charge in [-0.05, 0) is 24.3 Å². The van der Waals surface area contributed by atoms with Crippen molar-refractivity contribution >= 4 is 23.4 Å². The molecule has 1 aliphatic rings. The van der Waals surface area contributed by atoms with Gasteiger partial charge >= 0.3 is 12.1 Å². The van der Waals surface area contributed by atoms with Crippen molar-refractivity contribution < 1.29 is 32.2 Å². The van der Waals surface area contributed by atoms with Crippen molar-refractivity contribution in [2.45, 2.75) is 6.18 Å². The van der Waals surface area contributed by atoms with E-state index in [4.69, 9.17) is 4.74 Å². The number of alkyl halides is 3. The molecule has 33 heavy (non-hydrogen) atoms. The monoisotopic (exact) mass is 463 g/mol. The number of aromatic nitrogens is 3. The first kappa shape index (κ1) is 22.4. The number of anilines is 3. The zero-order valence-corrected chi connectivity index (χ0v) is 16.9. The van der Waals surface area contributed by atoms with E-state index in [0.717, 1.165) is 6.07 Å². The summed E-state index contributed by atoms with van der Waals surface area (Å²) in [6, 6.07) is 3.93.